The number of phenols is 1. The Balaban J connectivity index is 1.37. The van der Waals surface area contributed by atoms with Gasteiger partial charge in [-0.2, -0.15) is 0 Å². The molecule has 0 radical (unpaired) electrons. The van der Waals surface area contributed by atoms with Gasteiger partial charge in [-0.1, -0.05) is 6.58 Å². The van der Waals surface area contributed by atoms with E-state index in [9.17, 15) is 9.50 Å². The Labute approximate surface area is 168 Å². The van der Waals surface area contributed by atoms with Crippen LogP contribution in [0.4, 0.5) is 4.39 Å². The molecule has 2 aromatic heterocycles. The van der Waals surface area contributed by atoms with Gasteiger partial charge in [-0.3, -0.25) is 9.97 Å². The van der Waals surface area contributed by atoms with Gasteiger partial charge in [0.05, 0.1) is 35.8 Å². The van der Waals surface area contributed by atoms with Crippen molar-refractivity contribution >= 4 is 5.57 Å². The Morgan fingerprint density at radius 3 is 2.86 bits per heavy atom. The third kappa shape index (κ3) is 3.21. The molecule has 1 aromatic carbocycles. The summed E-state index contributed by atoms with van der Waals surface area (Å²) in [6.45, 7) is 4.13. The second kappa shape index (κ2) is 7.08. The van der Waals surface area contributed by atoms with E-state index in [4.69, 9.17) is 0 Å². The van der Waals surface area contributed by atoms with Crippen LogP contribution in [0, 0.1) is 5.92 Å². The second-order valence-corrected chi connectivity index (χ2v) is 7.82. The molecule has 6 nitrogen and oxygen atoms in total. The van der Waals surface area contributed by atoms with Gasteiger partial charge in [-0.05, 0) is 37.0 Å². The number of benzene rings is 1. The highest BCUT2D eigenvalue weighted by Gasteiger charge is 2.43. The Hall–Kier alpha value is -3.06. The molecule has 29 heavy (non-hydrogen) atoms. The third-order valence-electron chi connectivity index (χ3n) is 6.07. The van der Waals surface area contributed by atoms with Crippen molar-refractivity contribution in [1.82, 2.24) is 24.8 Å². The van der Waals surface area contributed by atoms with Crippen LogP contribution in [-0.4, -0.2) is 42.9 Å². The standard InChI is InChI=1S/C22H22FN5O/c1-13(17-8-14-2-5-18(27-14)22(17)23)19-10-26-20(11-25-19)16-4-3-15(9-21(16)29)28-7-6-24-12-28/h3-4,6-7,9-12,14,17-18,22,27,29H,1-2,5,8H2/t14?,17-,18?,22+/m1/s1. The maximum absolute atomic E-state index is 14.8. The highest BCUT2D eigenvalue weighted by molar-refractivity contribution is 5.69. The lowest BCUT2D eigenvalue weighted by molar-refractivity contribution is 0.167. The molecule has 0 saturated carbocycles. The summed E-state index contributed by atoms with van der Waals surface area (Å²) in [5, 5.41) is 13.8. The number of piperidine rings is 1. The zero-order chi connectivity index (χ0) is 20.0. The topological polar surface area (TPSA) is 75.9 Å². The molecule has 2 N–H and O–H groups in total. The Kier molecular flexibility index (Phi) is 4.39. The first kappa shape index (κ1) is 18.0. The van der Waals surface area contributed by atoms with Gasteiger partial charge in [0.1, 0.15) is 11.9 Å². The van der Waals surface area contributed by atoms with Gasteiger partial charge in [-0.15, -0.1) is 0 Å². The number of aromatic hydroxyl groups is 1. The molecule has 2 fully saturated rings. The van der Waals surface area contributed by atoms with Crippen LogP contribution >= 0.6 is 0 Å². The number of phenolic OH excluding ortho intramolecular Hbond substituents is 1. The summed E-state index contributed by atoms with van der Waals surface area (Å²) >= 11 is 0. The maximum Gasteiger partial charge on any atom is 0.127 e. The van der Waals surface area contributed by atoms with Gasteiger partial charge in [0.15, 0.2) is 0 Å². The first-order valence-corrected chi connectivity index (χ1v) is 9.83. The molecule has 0 spiro atoms. The first-order valence-electron chi connectivity index (χ1n) is 9.83. The van der Waals surface area contributed by atoms with Gasteiger partial charge in [0.25, 0.3) is 0 Å². The van der Waals surface area contributed by atoms with Gasteiger partial charge in [-0.25, -0.2) is 9.37 Å². The van der Waals surface area contributed by atoms with E-state index in [0.29, 0.717) is 28.6 Å². The second-order valence-electron chi connectivity index (χ2n) is 7.82. The number of halogens is 1. The fourth-order valence-electron chi connectivity index (χ4n) is 4.47. The van der Waals surface area contributed by atoms with E-state index in [1.54, 1.807) is 43.2 Å². The molecule has 2 aliphatic heterocycles. The summed E-state index contributed by atoms with van der Waals surface area (Å²) < 4.78 is 16.6. The van der Waals surface area contributed by atoms with Crippen molar-refractivity contribution in [2.45, 2.75) is 37.5 Å². The first-order chi connectivity index (χ1) is 14.1. The molecule has 0 aliphatic carbocycles. The highest BCUT2D eigenvalue weighted by Crippen LogP contribution is 2.39. The fraction of sp³-hybridized carbons (Fsp3) is 0.318. The largest absolute Gasteiger partial charge is 0.507 e. The molecule has 0 amide bonds. The summed E-state index contributed by atoms with van der Waals surface area (Å²) in [4.78, 5) is 12.9. The Morgan fingerprint density at radius 2 is 2.14 bits per heavy atom. The zero-order valence-corrected chi connectivity index (χ0v) is 15.9. The SMILES string of the molecule is C=C(c1cnc(-c2ccc(-n3ccnc3)cc2O)cn1)[C@H]1CC2CCC(N2)[C@H]1F. The minimum absolute atomic E-state index is 0.0753. The Bertz CT molecular complexity index is 1030. The summed E-state index contributed by atoms with van der Waals surface area (Å²) in [6.07, 6.45) is 10.1. The van der Waals surface area contributed by atoms with Crippen LogP contribution in [0.2, 0.25) is 0 Å². The number of allylic oxidation sites excluding steroid dienone is 1. The van der Waals surface area contributed by atoms with Gasteiger partial charge < -0.3 is 15.0 Å². The van der Waals surface area contributed by atoms with Crippen molar-refractivity contribution in [2.24, 2.45) is 5.92 Å². The lowest BCUT2D eigenvalue weighted by Gasteiger charge is -2.33. The van der Waals surface area contributed by atoms with Crippen LogP contribution in [-0.2, 0) is 0 Å². The summed E-state index contributed by atoms with van der Waals surface area (Å²) in [7, 11) is 0. The minimum atomic E-state index is -0.942. The maximum atomic E-state index is 14.8. The van der Waals surface area contributed by atoms with Crippen LogP contribution in [0.15, 0.2) is 55.9 Å². The van der Waals surface area contributed by atoms with E-state index in [1.807, 2.05) is 10.6 Å². The monoisotopic (exact) mass is 391 g/mol. The average molecular weight is 391 g/mol. The van der Waals surface area contributed by atoms with Crippen molar-refractivity contribution in [2.75, 3.05) is 0 Å². The number of aromatic nitrogens is 4. The summed E-state index contributed by atoms with van der Waals surface area (Å²) in [5.41, 5.74) is 3.25. The molecule has 148 valence electrons. The van der Waals surface area contributed by atoms with Crippen molar-refractivity contribution in [3.63, 3.8) is 0 Å². The summed E-state index contributed by atoms with van der Waals surface area (Å²) in [5.74, 6) is -0.118. The number of hydrogen-bond acceptors (Lipinski definition) is 5. The number of nitrogens with one attached hydrogen (secondary N) is 1. The molecule has 7 heteroatoms. The van der Waals surface area contributed by atoms with Crippen LogP contribution in [0.5, 0.6) is 5.75 Å². The predicted octanol–water partition coefficient (Wildman–Crippen LogP) is 3.53. The number of fused-ring (bicyclic) bond motifs is 2. The smallest absolute Gasteiger partial charge is 0.127 e. The van der Waals surface area contributed by atoms with Gasteiger partial charge >= 0.3 is 0 Å². The van der Waals surface area contributed by atoms with E-state index in [0.717, 1.165) is 24.9 Å². The molecule has 2 aliphatic rings. The van der Waals surface area contributed by atoms with Crippen LogP contribution in [0.1, 0.15) is 25.0 Å². The van der Waals surface area contributed by atoms with E-state index < -0.39 is 6.17 Å². The average Bonchev–Trinajstić information content (AvgIpc) is 3.41. The van der Waals surface area contributed by atoms with Crippen molar-refractivity contribution in [3.05, 3.63) is 61.6 Å². The molecule has 2 saturated heterocycles. The van der Waals surface area contributed by atoms with Crippen LogP contribution in [0.3, 0.4) is 0 Å². The summed E-state index contributed by atoms with van der Waals surface area (Å²) in [6, 6.07) is 5.62. The number of rotatable bonds is 4. The van der Waals surface area contributed by atoms with E-state index in [1.165, 1.54) is 0 Å². The molecule has 4 heterocycles. The predicted molar refractivity (Wildman–Crippen MR) is 108 cm³/mol. The van der Waals surface area contributed by atoms with Crippen LogP contribution < -0.4 is 5.32 Å². The molecule has 5 rings (SSSR count). The fourth-order valence-corrected chi connectivity index (χ4v) is 4.47. The van der Waals surface area contributed by atoms with Gasteiger partial charge in [0.2, 0.25) is 0 Å². The molecular formula is C22H22FN5O. The molecule has 4 atom stereocenters. The number of alkyl halides is 1. The minimum Gasteiger partial charge on any atom is -0.507 e. The van der Waals surface area contributed by atoms with Crippen molar-refractivity contribution in [3.8, 4) is 22.7 Å². The molecule has 2 bridgehead atoms. The molecule has 3 aromatic rings. The van der Waals surface area contributed by atoms with E-state index in [-0.39, 0.29) is 17.7 Å². The zero-order valence-electron chi connectivity index (χ0n) is 15.9. The van der Waals surface area contributed by atoms with E-state index in [2.05, 4.69) is 26.8 Å². The number of hydrogen-bond donors (Lipinski definition) is 2. The van der Waals surface area contributed by atoms with Crippen molar-refractivity contribution in [1.29, 1.82) is 0 Å². The molecule has 2 unspecified atom stereocenters. The lowest BCUT2D eigenvalue weighted by atomic mass is 9.84. The normalized spacial score (nSPS) is 25.8. The highest BCUT2D eigenvalue weighted by atomic mass is 19.1. The number of nitrogens with zero attached hydrogens (tertiary/aromatic N) is 4. The number of imidazole rings is 1. The molecular weight excluding hydrogens is 369 g/mol. The third-order valence-corrected chi connectivity index (χ3v) is 6.07. The quantitative estimate of drug-likeness (QED) is 0.712. The van der Waals surface area contributed by atoms with Crippen molar-refractivity contribution < 1.29 is 9.50 Å². The van der Waals surface area contributed by atoms with Crippen LogP contribution in [0.25, 0.3) is 22.5 Å². The van der Waals surface area contributed by atoms with E-state index >= 15 is 0 Å². The Morgan fingerprint density at radius 1 is 1.24 bits per heavy atom. The lowest BCUT2D eigenvalue weighted by Crippen LogP contribution is -2.47. The van der Waals surface area contributed by atoms with Gasteiger partial charge in [0, 0.05) is 42.0 Å².